The molecule has 1 fully saturated rings. The van der Waals surface area contributed by atoms with Crippen molar-refractivity contribution in [3.63, 3.8) is 0 Å². The van der Waals surface area contributed by atoms with Gasteiger partial charge in [-0.25, -0.2) is 0 Å². The van der Waals surface area contributed by atoms with E-state index in [2.05, 4.69) is 18.7 Å². The molecule has 0 aromatic heterocycles. The molecule has 0 aromatic rings. The minimum atomic E-state index is -0.0580. The molecule has 90 valence electrons. The highest BCUT2D eigenvalue weighted by Crippen LogP contribution is 2.28. The molecule has 1 rings (SSSR count). The van der Waals surface area contributed by atoms with Crippen molar-refractivity contribution in [3.8, 4) is 0 Å². The predicted octanol–water partition coefficient (Wildman–Crippen LogP) is 2.26. The molecule has 1 aliphatic rings. The van der Waals surface area contributed by atoms with Crippen molar-refractivity contribution in [2.45, 2.75) is 52.4 Å². The van der Waals surface area contributed by atoms with Gasteiger partial charge in [-0.3, -0.25) is 4.90 Å². The van der Waals surface area contributed by atoms with Crippen molar-refractivity contribution in [2.24, 2.45) is 0 Å². The Morgan fingerprint density at radius 2 is 1.80 bits per heavy atom. The molecule has 0 amide bonds. The normalized spacial score (nSPS) is 21.4. The third-order valence-corrected chi connectivity index (χ3v) is 3.15. The number of hydrogen-bond acceptors (Lipinski definition) is 3. The summed E-state index contributed by atoms with van der Waals surface area (Å²) >= 11 is 0. The Balaban J connectivity index is 2.42. The van der Waals surface area contributed by atoms with Crippen LogP contribution in [0.1, 0.15) is 40.5 Å². The molecule has 3 nitrogen and oxygen atoms in total. The highest BCUT2D eigenvalue weighted by atomic mass is 16.7. The second-order valence-electron chi connectivity index (χ2n) is 4.70. The van der Waals surface area contributed by atoms with Crippen LogP contribution < -0.4 is 0 Å². The third kappa shape index (κ3) is 3.74. The van der Waals surface area contributed by atoms with Crippen LogP contribution in [0.5, 0.6) is 0 Å². The Hall–Kier alpha value is -0.120. The number of rotatable bonds is 6. The van der Waals surface area contributed by atoms with Gasteiger partial charge in [-0.05, 0) is 47.1 Å². The smallest absolute Gasteiger partial charge is 0.170 e. The number of likely N-dealkylation sites (tertiary alicyclic amines) is 1. The summed E-state index contributed by atoms with van der Waals surface area (Å²) in [5.41, 5.74) is 0.312. The van der Waals surface area contributed by atoms with Crippen LogP contribution in [-0.4, -0.2) is 43.0 Å². The summed E-state index contributed by atoms with van der Waals surface area (Å²) in [5, 5.41) is 0. The molecule has 0 aromatic carbocycles. The lowest BCUT2D eigenvalue weighted by Crippen LogP contribution is -2.44. The van der Waals surface area contributed by atoms with Crippen LogP contribution >= 0.6 is 0 Å². The van der Waals surface area contributed by atoms with Gasteiger partial charge in [0.15, 0.2) is 6.29 Å². The zero-order valence-corrected chi connectivity index (χ0v) is 10.6. The van der Waals surface area contributed by atoms with Crippen LogP contribution in [0.2, 0.25) is 0 Å². The molecule has 3 heteroatoms. The van der Waals surface area contributed by atoms with E-state index >= 15 is 0 Å². The van der Waals surface area contributed by atoms with E-state index in [0.29, 0.717) is 5.54 Å². The van der Waals surface area contributed by atoms with E-state index < -0.39 is 0 Å². The molecule has 1 heterocycles. The number of ether oxygens (including phenoxy) is 2. The van der Waals surface area contributed by atoms with Crippen molar-refractivity contribution in [3.05, 3.63) is 0 Å². The zero-order chi connectivity index (χ0) is 11.3. The highest BCUT2D eigenvalue weighted by Gasteiger charge is 2.33. The van der Waals surface area contributed by atoms with Crippen LogP contribution in [-0.2, 0) is 9.47 Å². The van der Waals surface area contributed by atoms with Crippen LogP contribution in [0.25, 0.3) is 0 Å². The SMILES string of the molecule is CCOC(CN1CCCC1(C)C)OCC. The van der Waals surface area contributed by atoms with Crippen LogP contribution in [0, 0.1) is 0 Å². The highest BCUT2D eigenvalue weighted by molar-refractivity contribution is 4.88. The van der Waals surface area contributed by atoms with Gasteiger partial charge in [0.2, 0.25) is 0 Å². The van der Waals surface area contributed by atoms with Gasteiger partial charge in [-0.15, -0.1) is 0 Å². The Morgan fingerprint density at radius 1 is 1.20 bits per heavy atom. The minimum absolute atomic E-state index is 0.0580. The molecular formula is C12H25NO2. The Labute approximate surface area is 93.7 Å². The molecule has 0 spiro atoms. The van der Waals surface area contributed by atoms with E-state index in [1.54, 1.807) is 0 Å². The molecule has 0 aliphatic carbocycles. The molecule has 0 N–H and O–H groups in total. The van der Waals surface area contributed by atoms with Gasteiger partial charge in [0.1, 0.15) is 0 Å². The largest absolute Gasteiger partial charge is 0.352 e. The molecule has 1 aliphatic heterocycles. The fraction of sp³-hybridized carbons (Fsp3) is 1.00. The minimum Gasteiger partial charge on any atom is -0.352 e. The summed E-state index contributed by atoms with van der Waals surface area (Å²) < 4.78 is 11.1. The fourth-order valence-electron chi connectivity index (χ4n) is 2.21. The van der Waals surface area contributed by atoms with E-state index in [0.717, 1.165) is 19.8 Å². The number of nitrogens with zero attached hydrogens (tertiary/aromatic N) is 1. The van der Waals surface area contributed by atoms with E-state index in [-0.39, 0.29) is 6.29 Å². The van der Waals surface area contributed by atoms with E-state index in [1.807, 2.05) is 13.8 Å². The lowest BCUT2D eigenvalue weighted by molar-refractivity contribution is -0.151. The summed E-state index contributed by atoms with van der Waals surface area (Å²) in [7, 11) is 0. The summed E-state index contributed by atoms with van der Waals surface area (Å²) in [4.78, 5) is 2.48. The standard InChI is InChI=1S/C12H25NO2/c1-5-14-11(15-6-2)10-13-9-7-8-12(13,3)4/h11H,5-10H2,1-4H3. The predicted molar refractivity (Wildman–Crippen MR) is 61.9 cm³/mol. The quantitative estimate of drug-likeness (QED) is 0.634. The first-order chi connectivity index (χ1) is 7.10. The maximum atomic E-state index is 5.57. The second kappa shape index (κ2) is 5.83. The maximum Gasteiger partial charge on any atom is 0.170 e. The van der Waals surface area contributed by atoms with E-state index in [9.17, 15) is 0 Å². The van der Waals surface area contributed by atoms with E-state index in [4.69, 9.17) is 9.47 Å². The van der Waals surface area contributed by atoms with Crippen LogP contribution in [0.15, 0.2) is 0 Å². The Bertz CT molecular complexity index is 176. The second-order valence-corrected chi connectivity index (χ2v) is 4.70. The molecule has 0 bridgehead atoms. The first-order valence-electron chi connectivity index (χ1n) is 6.08. The van der Waals surface area contributed by atoms with Gasteiger partial charge in [-0.2, -0.15) is 0 Å². The average Bonchev–Trinajstić information content (AvgIpc) is 2.47. The van der Waals surface area contributed by atoms with Gasteiger partial charge in [0.05, 0.1) is 6.54 Å². The molecule has 15 heavy (non-hydrogen) atoms. The molecule has 1 saturated heterocycles. The van der Waals surface area contributed by atoms with Gasteiger partial charge in [0, 0.05) is 18.8 Å². The van der Waals surface area contributed by atoms with Crippen molar-refractivity contribution in [2.75, 3.05) is 26.3 Å². The summed E-state index contributed by atoms with van der Waals surface area (Å²) in [5.74, 6) is 0. The lowest BCUT2D eigenvalue weighted by atomic mass is 10.0. The average molecular weight is 215 g/mol. The summed E-state index contributed by atoms with van der Waals surface area (Å²) in [6, 6.07) is 0. The topological polar surface area (TPSA) is 21.7 Å². The molecular weight excluding hydrogens is 190 g/mol. The van der Waals surface area contributed by atoms with Gasteiger partial charge >= 0.3 is 0 Å². The first kappa shape index (κ1) is 12.9. The van der Waals surface area contributed by atoms with Crippen molar-refractivity contribution in [1.82, 2.24) is 4.90 Å². The maximum absolute atomic E-state index is 5.57. The summed E-state index contributed by atoms with van der Waals surface area (Å²) in [6.45, 7) is 12.1. The molecule has 0 atom stereocenters. The Morgan fingerprint density at radius 3 is 2.20 bits per heavy atom. The van der Waals surface area contributed by atoms with Crippen molar-refractivity contribution >= 4 is 0 Å². The number of hydrogen-bond donors (Lipinski definition) is 0. The van der Waals surface area contributed by atoms with Crippen LogP contribution in [0.3, 0.4) is 0 Å². The first-order valence-corrected chi connectivity index (χ1v) is 6.08. The van der Waals surface area contributed by atoms with Crippen LogP contribution in [0.4, 0.5) is 0 Å². The van der Waals surface area contributed by atoms with Gasteiger partial charge in [-0.1, -0.05) is 0 Å². The fourth-order valence-corrected chi connectivity index (χ4v) is 2.21. The zero-order valence-electron chi connectivity index (χ0n) is 10.6. The van der Waals surface area contributed by atoms with Gasteiger partial charge < -0.3 is 9.47 Å². The third-order valence-electron chi connectivity index (χ3n) is 3.15. The van der Waals surface area contributed by atoms with Gasteiger partial charge in [0.25, 0.3) is 0 Å². The molecule has 0 unspecified atom stereocenters. The van der Waals surface area contributed by atoms with E-state index in [1.165, 1.54) is 19.4 Å². The van der Waals surface area contributed by atoms with Crippen molar-refractivity contribution in [1.29, 1.82) is 0 Å². The Kier molecular flexibility index (Phi) is 5.03. The lowest BCUT2D eigenvalue weighted by Gasteiger charge is -2.34. The molecule has 0 saturated carbocycles. The van der Waals surface area contributed by atoms with Crippen molar-refractivity contribution < 1.29 is 9.47 Å². The molecule has 0 radical (unpaired) electrons. The monoisotopic (exact) mass is 215 g/mol. The summed E-state index contributed by atoms with van der Waals surface area (Å²) in [6.07, 6.45) is 2.51.